The molecule has 0 aliphatic carbocycles. The Bertz CT molecular complexity index is 3660. The molecule has 6 rings (SSSR count). The zero-order chi connectivity index (χ0) is 74.7. The molecule has 0 unspecified atom stereocenters. The quantitative estimate of drug-likeness (QED) is 0.00959. The zero-order valence-electron chi connectivity index (χ0n) is 54.1. The van der Waals surface area contributed by atoms with Crippen LogP contribution in [0.15, 0.2) is 164 Å². The Labute approximate surface area is 570 Å². The number of halogens is 13. The Balaban J connectivity index is 0.000000323. The highest BCUT2D eigenvalue weighted by Gasteiger charge is 2.72. The number of rotatable bonds is 32. The summed E-state index contributed by atoms with van der Waals surface area (Å²) in [7, 11) is 0. The lowest BCUT2D eigenvalue weighted by molar-refractivity contribution is -0.355. The van der Waals surface area contributed by atoms with Gasteiger partial charge >= 0.3 is 72.2 Å². The van der Waals surface area contributed by atoms with E-state index in [9.17, 15) is 90.6 Å². The molecule has 6 aromatic rings. The maximum absolute atomic E-state index is 13.3. The third-order valence-electron chi connectivity index (χ3n) is 12.7. The van der Waals surface area contributed by atoms with Gasteiger partial charge in [0.25, 0.3) is 0 Å². The molecule has 101 heavy (non-hydrogen) atoms. The first kappa shape index (κ1) is 82.7. The van der Waals surface area contributed by atoms with Crippen LogP contribution >= 0.6 is 0 Å². The smallest absolute Gasteiger partial charge is 0.459 e. The first-order valence-corrected chi connectivity index (χ1v) is 30.4. The molecule has 0 bridgehead atoms. The molecule has 0 aliphatic heterocycles. The number of carbonyl (C=O) groups excluding carboxylic acids is 7. The summed E-state index contributed by atoms with van der Waals surface area (Å²) in [6.45, 7) is 4.83. The van der Waals surface area contributed by atoms with Gasteiger partial charge in [-0.25, -0.2) is 28.8 Å². The van der Waals surface area contributed by atoms with Crippen LogP contribution in [0.25, 0.3) is 18.2 Å². The van der Waals surface area contributed by atoms with Gasteiger partial charge in [0, 0.05) is 50.8 Å². The molecule has 30 heteroatoms. The van der Waals surface area contributed by atoms with Crippen molar-refractivity contribution in [3.05, 3.63) is 197 Å². The van der Waals surface area contributed by atoms with E-state index in [-0.39, 0.29) is 79.8 Å². The molecule has 0 fully saturated rings. The van der Waals surface area contributed by atoms with E-state index in [2.05, 4.69) is 0 Å². The number of hydrogen-bond acceptors (Lipinski definition) is 17. The second kappa shape index (κ2) is 41.0. The maximum Gasteiger partial charge on any atom is 0.459 e. The van der Waals surface area contributed by atoms with Crippen LogP contribution in [0.1, 0.15) is 113 Å². The van der Waals surface area contributed by atoms with Gasteiger partial charge in [0.15, 0.2) is 0 Å². The van der Waals surface area contributed by atoms with E-state index < -0.39 is 104 Å². The normalized spacial score (nSPS) is 11.7. The molecule has 0 aromatic heterocycles. The van der Waals surface area contributed by atoms with Crippen molar-refractivity contribution in [3.63, 3.8) is 0 Å². The molecule has 17 nitrogen and oxygen atoms in total. The zero-order valence-corrected chi connectivity index (χ0v) is 54.1. The Morgan fingerprint density at radius 1 is 0.337 bits per heavy atom. The highest BCUT2D eigenvalue weighted by molar-refractivity contribution is 5.93. The van der Waals surface area contributed by atoms with Crippen molar-refractivity contribution >= 4 is 60.0 Å². The van der Waals surface area contributed by atoms with Crippen LogP contribution in [0.5, 0.6) is 34.5 Å². The molecule has 6 aromatic carbocycles. The third-order valence-corrected chi connectivity index (χ3v) is 12.7. The van der Waals surface area contributed by atoms with Crippen LogP contribution in [0, 0.1) is 0 Å². The lowest BCUT2D eigenvalue weighted by Crippen LogP contribution is -2.51. The monoisotopic (exact) mass is 1440 g/mol. The molecule has 0 amide bonds. The van der Waals surface area contributed by atoms with E-state index >= 15 is 0 Å². The average molecular weight is 1440 g/mol. The van der Waals surface area contributed by atoms with Crippen molar-refractivity contribution in [3.8, 4) is 34.5 Å². The van der Waals surface area contributed by atoms with Gasteiger partial charge in [-0.1, -0.05) is 36.4 Å². The summed E-state index contributed by atoms with van der Waals surface area (Å²) < 4.78 is 212. The highest BCUT2D eigenvalue weighted by Crippen LogP contribution is 2.48. The van der Waals surface area contributed by atoms with E-state index in [0.717, 1.165) is 5.56 Å². The molecule has 0 saturated heterocycles. The summed E-state index contributed by atoms with van der Waals surface area (Å²) in [6, 6.07) is 36.1. The third kappa shape index (κ3) is 32.7. The van der Waals surface area contributed by atoms with E-state index in [4.69, 9.17) is 47.4 Å². The summed E-state index contributed by atoms with van der Waals surface area (Å²) in [4.78, 5) is 81.7. The average Bonchev–Trinajstić information content (AvgIpc) is 0.783. The lowest BCUT2D eigenvalue weighted by Gasteiger charge is -2.28. The first-order chi connectivity index (χ1) is 47.6. The Hall–Kier alpha value is -10.7. The lowest BCUT2D eigenvalue weighted by atomic mass is 10.1. The highest BCUT2D eigenvalue weighted by atomic mass is 19.4. The van der Waals surface area contributed by atoms with Gasteiger partial charge in [0.1, 0.15) is 34.5 Å². The van der Waals surface area contributed by atoms with Crippen molar-refractivity contribution in [1.82, 2.24) is 0 Å². The minimum atomic E-state index is -6.37. The summed E-state index contributed by atoms with van der Waals surface area (Å²) in [5, 5.41) is 0. The van der Waals surface area contributed by atoms with Gasteiger partial charge in [-0.3, -0.25) is 4.79 Å². The molecular weight excluding hydrogens is 1370 g/mol. The number of alkyl halides is 13. The molecule has 0 N–H and O–H groups in total. The van der Waals surface area contributed by atoms with Crippen molar-refractivity contribution in [1.29, 1.82) is 0 Å². The maximum atomic E-state index is 13.3. The van der Waals surface area contributed by atoms with Crippen LogP contribution < -0.4 is 28.4 Å². The van der Waals surface area contributed by atoms with Crippen LogP contribution in [0.2, 0.25) is 0 Å². The van der Waals surface area contributed by atoms with Crippen LogP contribution in [-0.2, 0) is 38.1 Å². The van der Waals surface area contributed by atoms with Crippen molar-refractivity contribution in [2.75, 3.05) is 46.2 Å². The van der Waals surface area contributed by atoms with E-state index in [1.807, 2.05) is 0 Å². The minimum absolute atomic E-state index is 0.0692. The molecular formula is C71H67F13O17. The van der Waals surface area contributed by atoms with Gasteiger partial charge in [-0.15, -0.1) is 0 Å². The topological polar surface area (TPSA) is 212 Å². The Morgan fingerprint density at radius 3 is 0.891 bits per heavy atom. The standard InChI is InChI=1S/C25H25F3O7.C24H21F7O5.C22H21F3O5/c1-18(29)32-16-3-17-34-23(30)13-6-19-4-9-22(10-5-19)35-24(31)20-7-11-21(12-8-20)33-15-2-14-25(26,27)28;1-2-34-20(32)13-6-16-4-9-19(10-5-16)36-21(33)17-7-11-18(12-8-17)35-15-3-14-22(25,26)23(27,28)24(29,30)31;1-2-28-20(26)13-6-16-4-9-19(10-5-16)30-21(27)17-7-11-18(12-8-17)29-15-3-14-22(23,24)25/h4-13H,2-3,14-17H2,1H3;4-13H,2-3,14-15H2,1H3;4-13H,2-3,14-15H2,1H3/b3*13-6+. The first-order valence-electron chi connectivity index (χ1n) is 30.4. The molecule has 0 radical (unpaired) electrons. The summed E-state index contributed by atoms with van der Waals surface area (Å²) >= 11 is 0. The predicted octanol–water partition coefficient (Wildman–Crippen LogP) is 16.8. The molecule has 0 atom stereocenters. The summed E-state index contributed by atoms with van der Waals surface area (Å²) in [5.41, 5.74) is 2.68. The number of hydrogen-bond donors (Lipinski definition) is 0. The fraction of sp³-hybridized carbons (Fsp3) is 0.310. The number of carbonyl (C=O) groups is 7. The van der Waals surface area contributed by atoms with Crippen LogP contribution in [-0.4, -0.2) is 118 Å². The van der Waals surface area contributed by atoms with Gasteiger partial charge in [-0.2, -0.15) is 57.1 Å². The fourth-order valence-electron chi connectivity index (χ4n) is 7.64. The summed E-state index contributed by atoms with van der Waals surface area (Å²) in [6.07, 6.45) is -10.6. The van der Waals surface area contributed by atoms with Crippen molar-refractivity contribution in [2.24, 2.45) is 0 Å². The van der Waals surface area contributed by atoms with Gasteiger partial charge < -0.3 is 47.4 Å². The second-order valence-electron chi connectivity index (χ2n) is 20.7. The van der Waals surface area contributed by atoms with Crippen LogP contribution in [0.4, 0.5) is 57.1 Å². The molecule has 0 aliphatic rings. The van der Waals surface area contributed by atoms with E-state index in [0.29, 0.717) is 41.4 Å². The number of esters is 7. The fourth-order valence-corrected chi connectivity index (χ4v) is 7.64. The Kier molecular flexibility index (Phi) is 33.6. The van der Waals surface area contributed by atoms with Gasteiger partial charge in [0.05, 0.1) is 62.9 Å². The van der Waals surface area contributed by atoms with E-state index in [1.165, 1.54) is 122 Å². The number of ether oxygens (including phenoxy) is 10. The van der Waals surface area contributed by atoms with Gasteiger partial charge in [0.2, 0.25) is 0 Å². The second-order valence-corrected chi connectivity index (χ2v) is 20.7. The molecule has 0 saturated carbocycles. The molecule has 544 valence electrons. The van der Waals surface area contributed by atoms with Crippen molar-refractivity contribution < 1.29 is 138 Å². The minimum Gasteiger partial charge on any atom is -0.494 e. The van der Waals surface area contributed by atoms with Crippen LogP contribution in [0.3, 0.4) is 0 Å². The van der Waals surface area contributed by atoms with Crippen molar-refractivity contribution in [2.45, 2.75) is 96.1 Å². The SMILES string of the molecule is CC(=O)OCCCOC(=O)/C=C/c1ccc(OC(=O)c2ccc(OCCCC(F)(F)F)cc2)cc1.CCOC(=O)/C=C/c1ccc(OC(=O)c2ccc(OCCCC(F)(F)C(F)(F)C(F)(F)F)cc2)cc1.CCOC(=O)/C=C/c1ccc(OC(=O)c2ccc(OCCCC(F)(F)F)cc2)cc1. The number of benzene rings is 6. The molecule has 0 heterocycles. The van der Waals surface area contributed by atoms with Gasteiger partial charge in [-0.05, 0) is 177 Å². The largest absolute Gasteiger partial charge is 0.494 e. The molecule has 0 spiro atoms. The Morgan fingerprint density at radius 2 is 0.614 bits per heavy atom. The summed E-state index contributed by atoms with van der Waals surface area (Å²) in [5.74, 6) is -13.6. The van der Waals surface area contributed by atoms with E-state index in [1.54, 1.807) is 80.6 Å². The predicted molar refractivity (Wildman–Crippen MR) is 338 cm³/mol.